The minimum atomic E-state index is -0.979. The van der Waals surface area contributed by atoms with E-state index in [1.165, 1.54) is 12.2 Å². The highest BCUT2D eigenvalue weighted by Crippen LogP contribution is 2.15. The van der Waals surface area contributed by atoms with Gasteiger partial charge >= 0.3 is 11.9 Å². The molecule has 0 bridgehead atoms. The van der Waals surface area contributed by atoms with Crippen molar-refractivity contribution in [2.24, 2.45) is 11.8 Å². The largest absolute Gasteiger partial charge is 0.481 e. The maximum Gasteiger partial charge on any atom is 0.310 e. The lowest BCUT2D eigenvalue weighted by molar-refractivity contribution is -0.143. The second-order valence-electron chi connectivity index (χ2n) is 2.94. The number of carboxylic acids is 2. The van der Waals surface area contributed by atoms with Crippen molar-refractivity contribution in [3.63, 3.8) is 0 Å². The van der Waals surface area contributed by atoms with Gasteiger partial charge in [-0.15, -0.1) is 13.2 Å². The Hall–Kier alpha value is -1.58. The van der Waals surface area contributed by atoms with E-state index in [1.807, 2.05) is 0 Å². The second kappa shape index (κ2) is 5.96. The van der Waals surface area contributed by atoms with Gasteiger partial charge in [-0.25, -0.2) is 0 Å². The van der Waals surface area contributed by atoms with E-state index in [-0.39, 0.29) is 12.8 Å². The molecule has 0 fully saturated rings. The van der Waals surface area contributed by atoms with Gasteiger partial charge in [0.15, 0.2) is 0 Å². The van der Waals surface area contributed by atoms with Gasteiger partial charge in [0.2, 0.25) is 0 Å². The average molecular weight is 198 g/mol. The predicted molar refractivity (Wildman–Crippen MR) is 51.9 cm³/mol. The molecule has 0 aliphatic rings. The van der Waals surface area contributed by atoms with Crippen molar-refractivity contribution in [3.8, 4) is 0 Å². The summed E-state index contributed by atoms with van der Waals surface area (Å²) in [6, 6.07) is 0. The summed E-state index contributed by atoms with van der Waals surface area (Å²) < 4.78 is 0. The Labute approximate surface area is 82.6 Å². The van der Waals surface area contributed by atoms with Crippen LogP contribution in [0, 0.1) is 11.8 Å². The van der Waals surface area contributed by atoms with Gasteiger partial charge in [0.1, 0.15) is 0 Å². The molecule has 14 heavy (non-hydrogen) atoms. The monoisotopic (exact) mass is 198 g/mol. The van der Waals surface area contributed by atoms with Crippen LogP contribution < -0.4 is 0 Å². The number of hydrogen-bond donors (Lipinski definition) is 2. The van der Waals surface area contributed by atoms with E-state index in [9.17, 15) is 9.59 Å². The fourth-order valence-electron chi connectivity index (χ4n) is 1.04. The molecule has 0 spiro atoms. The van der Waals surface area contributed by atoms with E-state index in [1.54, 1.807) is 0 Å². The van der Waals surface area contributed by atoms with Gasteiger partial charge in [-0.3, -0.25) is 9.59 Å². The van der Waals surface area contributed by atoms with Crippen molar-refractivity contribution in [2.45, 2.75) is 12.8 Å². The first kappa shape index (κ1) is 12.4. The third-order valence-corrected chi connectivity index (χ3v) is 1.99. The molecule has 2 unspecified atom stereocenters. The number of hydrogen-bond acceptors (Lipinski definition) is 2. The Balaban J connectivity index is 4.13. The van der Waals surface area contributed by atoms with Crippen molar-refractivity contribution >= 4 is 11.9 Å². The molecule has 0 aromatic carbocycles. The summed E-state index contributed by atoms with van der Waals surface area (Å²) in [5, 5.41) is 17.3. The zero-order chi connectivity index (χ0) is 11.1. The molecule has 0 aromatic heterocycles. The van der Waals surface area contributed by atoms with E-state index < -0.39 is 23.8 Å². The van der Waals surface area contributed by atoms with Crippen molar-refractivity contribution < 1.29 is 19.8 Å². The molecular formula is C10H14O4. The SMILES string of the molecule is C=CC(CCC(C=C)C(=O)O)C(=O)O. The van der Waals surface area contributed by atoms with E-state index in [4.69, 9.17) is 10.2 Å². The predicted octanol–water partition coefficient (Wildman–Crippen LogP) is 1.54. The molecule has 0 aromatic rings. The maximum absolute atomic E-state index is 10.6. The van der Waals surface area contributed by atoms with Gasteiger partial charge in [0.05, 0.1) is 11.8 Å². The fraction of sp³-hybridized carbons (Fsp3) is 0.400. The summed E-state index contributed by atoms with van der Waals surface area (Å²) >= 11 is 0. The van der Waals surface area contributed by atoms with Crippen LogP contribution in [0.5, 0.6) is 0 Å². The number of aliphatic carboxylic acids is 2. The maximum atomic E-state index is 10.6. The normalized spacial score (nSPS) is 14.0. The van der Waals surface area contributed by atoms with Gasteiger partial charge in [0, 0.05) is 0 Å². The first-order valence-corrected chi connectivity index (χ1v) is 4.23. The molecule has 2 N–H and O–H groups in total. The average Bonchev–Trinajstić information content (AvgIpc) is 2.11. The summed E-state index contributed by atoms with van der Waals surface area (Å²) in [6.07, 6.45) is 3.15. The van der Waals surface area contributed by atoms with E-state index in [2.05, 4.69) is 13.2 Å². The van der Waals surface area contributed by atoms with E-state index >= 15 is 0 Å². The van der Waals surface area contributed by atoms with Crippen LogP contribution in [0.2, 0.25) is 0 Å². The quantitative estimate of drug-likeness (QED) is 0.608. The van der Waals surface area contributed by atoms with Crippen LogP contribution in [-0.4, -0.2) is 22.2 Å². The standard InChI is InChI=1S/C10H14O4/c1-3-7(9(11)12)5-6-8(4-2)10(13)14/h3-4,7-8H,1-2,5-6H2,(H,11,12)(H,13,14). The number of carboxylic acid groups (broad SMARTS) is 2. The molecular weight excluding hydrogens is 184 g/mol. The zero-order valence-electron chi connectivity index (χ0n) is 7.85. The van der Waals surface area contributed by atoms with Crippen LogP contribution >= 0.6 is 0 Å². The summed E-state index contributed by atoms with van der Waals surface area (Å²) in [4.78, 5) is 21.1. The van der Waals surface area contributed by atoms with Crippen LogP contribution in [-0.2, 0) is 9.59 Å². The third kappa shape index (κ3) is 3.89. The van der Waals surface area contributed by atoms with Crippen molar-refractivity contribution in [1.29, 1.82) is 0 Å². The number of rotatable bonds is 7. The van der Waals surface area contributed by atoms with E-state index in [0.717, 1.165) is 0 Å². The minimum absolute atomic E-state index is 0.266. The molecule has 0 rings (SSSR count). The first-order chi connectivity index (χ1) is 6.52. The lowest BCUT2D eigenvalue weighted by atomic mass is 9.96. The van der Waals surface area contributed by atoms with Crippen LogP contribution in [0.25, 0.3) is 0 Å². The van der Waals surface area contributed by atoms with Gasteiger partial charge < -0.3 is 10.2 Å². The second-order valence-corrected chi connectivity index (χ2v) is 2.94. The Morgan fingerprint density at radius 3 is 1.43 bits per heavy atom. The molecule has 0 aliphatic heterocycles. The Morgan fingerprint density at radius 1 is 1.00 bits per heavy atom. The van der Waals surface area contributed by atoms with Crippen LogP contribution in [0.1, 0.15) is 12.8 Å². The van der Waals surface area contributed by atoms with Crippen LogP contribution in [0.4, 0.5) is 0 Å². The molecule has 4 heteroatoms. The molecule has 78 valence electrons. The molecule has 0 saturated heterocycles. The fourth-order valence-corrected chi connectivity index (χ4v) is 1.04. The van der Waals surface area contributed by atoms with Gasteiger partial charge in [-0.1, -0.05) is 12.2 Å². The summed E-state index contributed by atoms with van der Waals surface area (Å²) in [7, 11) is 0. The molecule has 0 aliphatic carbocycles. The lowest BCUT2D eigenvalue weighted by Gasteiger charge is -2.09. The first-order valence-electron chi connectivity index (χ1n) is 4.23. The molecule has 0 saturated carbocycles. The van der Waals surface area contributed by atoms with E-state index in [0.29, 0.717) is 0 Å². The Morgan fingerprint density at radius 2 is 1.29 bits per heavy atom. The van der Waals surface area contributed by atoms with Gasteiger partial charge in [-0.05, 0) is 12.8 Å². The summed E-state index contributed by atoms with van der Waals surface area (Å²) in [6.45, 7) is 6.75. The highest BCUT2D eigenvalue weighted by atomic mass is 16.4. The topological polar surface area (TPSA) is 74.6 Å². The molecule has 0 amide bonds. The molecule has 4 nitrogen and oxygen atoms in total. The number of carbonyl (C=O) groups is 2. The molecule has 0 radical (unpaired) electrons. The van der Waals surface area contributed by atoms with Crippen LogP contribution in [0.15, 0.2) is 25.3 Å². The van der Waals surface area contributed by atoms with Crippen molar-refractivity contribution in [1.82, 2.24) is 0 Å². The van der Waals surface area contributed by atoms with Crippen LogP contribution in [0.3, 0.4) is 0 Å². The van der Waals surface area contributed by atoms with Gasteiger partial charge in [0.25, 0.3) is 0 Å². The van der Waals surface area contributed by atoms with Crippen molar-refractivity contribution in [2.75, 3.05) is 0 Å². The summed E-state index contributed by atoms with van der Waals surface area (Å²) in [5.41, 5.74) is 0. The Bertz CT molecular complexity index is 219. The highest BCUT2D eigenvalue weighted by molar-refractivity contribution is 5.73. The third-order valence-electron chi connectivity index (χ3n) is 1.99. The molecule has 2 atom stereocenters. The zero-order valence-corrected chi connectivity index (χ0v) is 7.85. The molecule has 0 heterocycles. The lowest BCUT2D eigenvalue weighted by Crippen LogP contribution is -2.16. The Kier molecular flexibility index (Phi) is 5.29. The highest BCUT2D eigenvalue weighted by Gasteiger charge is 2.18. The van der Waals surface area contributed by atoms with Gasteiger partial charge in [-0.2, -0.15) is 0 Å². The van der Waals surface area contributed by atoms with Crippen molar-refractivity contribution in [3.05, 3.63) is 25.3 Å². The minimum Gasteiger partial charge on any atom is -0.481 e. The summed E-state index contributed by atoms with van der Waals surface area (Å²) in [5.74, 6) is -3.32. The smallest absolute Gasteiger partial charge is 0.310 e.